The Morgan fingerprint density at radius 1 is 1.03 bits per heavy atom. The van der Waals surface area contributed by atoms with E-state index in [1.807, 2.05) is 43.0 Å². The summed E-state index contributed by atoms with van der Waals surface area (Å²) in [5.41, 5.74) is 8.37. The lowest BCUT2D eigenvalue weighted by Gasteiger charge is -2.11. The summed E-state index contributed by atoms with van der Waals surface area (Å²) in [7, 11) is 1.92. The molecule has 2 aromatic carbocycles. The number of benzene rings is 2. The molecule has 7 heteroatoms. The maximum atomic E-state index is 9.11. The van der Waals surface area contributed by atoms with Crippen LogP contribution in [0.4, 0.5) is 0 Å². The van der Waals surface area contributed by atoms with Gasteiger partial charge in [-0.05, 0) is 42.2 Å². The molecule has 34 heavy (non-hydrogen) atoms. The molecule has 7 nitrogen and oxygen atoms in total. The topological polar surface area (TPSA) is 85.2 Å². The summed E-state index contributed by atoms with van der Waals surface area (Å²) in [6.45, 7) is 6.31. The quantitative estimate of drug-likeness (QED) is 0.374. The molecule has 0 N–H and O–H groups in total. The zero-order valence-electron chi connectivity index (χ0n) is 19.7. The van der Waals surface area contributed by atoms with Crippen LogP contribution < -0.4 is 0 Å². The zero-order chi connectivity index (χ0) is 23.8. The van der Waals surface area contributed by atoms with Gasteiger partial charge >= 0.3 is 0 Å². The first-order valence-corrected chi connectivity index (χ1v) is 11.3. The molecule has 5 aromatic rings. The number of hydrogen-bond acceptors (Lipinski definition) is 5. The fourth-order valence-corrected chi connectivity index (χ4v) is 4.30. The van der Waals surface area contributed by atoms with Gasteiger partial charge < -0.3 is 0 Å². The molecule has 0 saturated carbocycles. The van der Waals surface area contributed by atoms with Crippen LogP contribution in [-0.4, -0.2) is 29.5 Å². The molecule has 0 aliphatic rings. The minimum Gasteiger partial charge on any atom is -0.264 e. The number of hydrogen-bond donors (Lipinski definition) is 0. The third kappa shape index (κ3) is 3.84. The number of fused-ring (bicyclic) bond motifs is 1. The predicted molar refractivity (Wildman–Crippen MR) is 132 cm³/mol. The molecular weight excluding hydrogens is 422 g/mol. The van der Waals surface area contributed by atoms with E-state index >= 15 is 0 Å². The molecule has 168 valence electrons. The van der Waals surface area contributed by atoms with Crippen molar-refractivity contribution >= 4 is 11.0 Å². The number of aromatic nitrogens is 6. The second kappa shape index (κ2) is 8.56. The molecule has 0 bridgehead atoms. The smallest absolute Gasteiger partial charge is 0.163 e. The van der Waals surface area contributed by atoms with E-state index in [0.29, 0.717) is 18.0 Å². The SMILES string of the molecule is Cc1cc(C#N)nn1-c1ccc(Cc2nn(C)c3cnc(-c4ccccc4C(C)C)nc23)cc1. The van der Waals surface area contributed by atoms with Crippen molar-refractivity contribution in [2.45, 2.75) is 33.1 Å². The van der Waals surface area contributed by atoms with Gasteiger partial charge in [-0.1, -0.05) is 50.2 Å². The van der Waals surface area contributed by atoms with E-state index in [0.717, 1.165) is 45.1 Å². The van der Waals surface area contributed by atoms with Crippen molar-refractivity contribution in [1.29, 1.82) is 5.26 Å². The first-order valence-electron chi connectivity index (χ1n) is 11.3. The highest BCUT2D eigenvalue weighted by molar-refractivity contribution is 5.79. The van der Waals surface area contributed by atoms with Gasteiger partial charge in [-0.15, -0.1) is 0 Å². The first kappa shape index (κ1) is 21.5. The van der Waals surface area contributed by atoms with Crippen molar-refractivity contribution in [2.24, 2.45) is 7.05 Å². The van der Waals surface area contributed by atoms with Crippen LogP contribution in [0.15, 0.2) is 60.8 Å². The normalized spacial score (nSPS) is 11.3. The highest BCUT2D eigenvalue weighted by Gasteiger charge is 2.16. The lowest BCUT2D eigenvalue weighted by molar-refractivity contribution is 0.773. The van der Waals surface area contributed by atoms with Crippen molar-refractivity contribution in [3.05, 3.63) is 89.0 Å². The van der Waals surface area contributed by atoms with Gasteiger partial charge in [0.1, 0.15) is 17.1 Å². The average molecular weight is 448 g/mol. The first-order chi connectivity index (χ1) is 16.4. The van der Waals surface area contributed by atoms with Crippen LogP contribution in [0.3, 0.4) is 0 Å². The van der Waals surface area contributed by atoms with E-state index in [1.54, 1.807) is 10.7 Å². The Balaban J connectivity index is 1.49. The van der Waals surface area contributed by atoms with E-state index in [4.69, 9.17) is 15.3 Å². The number of rotatable bonds is 5. The molecule has 3 heterocycles. The van der Waals surface area contributed by atoms with Gasteiger partial charge in [0.25, 0.3) is 0 Å². The molecule has 0 aliphatic carbocycles. The van der Waals surface area contributed by atoms with E-state index < -0.39 is 0 Å². The van der Waals surface area contributed by atoms with Crippen LogP contribution in [0.25, 0.3) is 28.1 Å². The van der Waals surface area contributed by atoms with Gasteiger partial charge in [0.15, 0.2) is 11.5 Å². The molecule has 0 fully saturated rings. The molecule has 0 saturated heterocycles. The molecule has 5 rings (SSSR count). The van der Waals surface area contributed by atoms with Crippen LogP contribution in [-0.2, 0) is 13.5 Å². The molecule has 0 radical (unpaired) electrons. The summed E-state index contributed by atoms with van der Waals surface area (Å²) in [6.07, 6.45) is 2.52. The third-order valence-corrected chi connectivity index (χ3v) is 6.04. The summed E-state index contributed by atoms with van der Waals surface area (Å²) >= 11 is 0. The van der Waals surface area contributed by atoms with E-state index in [1.165, 1.54) is 5.56 Å². The lowest BCUT2D eigenvalue weighted by Crippen LogP contribution is -2.00. The minimum absolute atomic E-state index is 0.380. The van der Waals surface area contributed by atoms with Gasteiger partial charge in [0.05, 0.1) is 17.6 Å². The molecule has 0 unspecified atom stereocenters. The van der Waals surface area contributed by atoms with Gasteiger partial charge in [-0.3, -0.25) is 4.68 Å². The molecule has 0 spiro atoms. The fourth-order valence-electron chi connectivity index (χ4n) is 4.30. The number of nitriles is 1. The van der Waals surface area contributed by atoms with Crippen molar-refractivity contribution in [3.63, 3.8) is 0 Å². The molecular formula is C27H25N7. The minimum atomic E-state index is 0.380. The second-order valence-electron chi connectivity index (χ2n) is 8.78. The fraction of sp³-hybridized carbons (Fsp3) is 0.222. The third-order valence-electron chi connectivity index (χ3n) is 6.04. The Kier molecular flexibility index (Phi) is 5.42. The van der Waals surface area contributed by atoms with Gasteiger partial charge in [0, 0.05) is 24.7 Å². The van der Waals surface area contributed by atoms with E-state index in [-0.39, 0.29) is 0 Å². The van der Waals surface area contributed by atoms with E-state index in [9.17, 15) is 0 Å². The van der Waals surface area contributed by atoms with Crippen LogP contribution in [0, 0.1) is 18.3 Å². The van der Waals surface area contributed by atoms with Crippen LogP contribution >= 0.6 is 0 Å². The van der Waals surface area contributed by atoms with Crippen molar-refractivity contribution < 1.29 is 0 Å². The lowest BCUT2D eigenvalue weighted by atomic mass is 9.97. The van der Waals surface area contributed by atoms with Crippen molar-refractivity contribution in [2.75, 3.05) is 0 Å². The summed E-state index contributed by atoms with van der Waals surface area (Å²) < 4.78 is 3.62. The highest BCUT2D eigenvalue weighted by atomic mass is 15.3. The molecule has 0 amide bonds. The predicted octanol–water partition coefficient (Wildman–Crippen LogP) is 5.11. The Morgan fingerprint density at radius 2 is 1.79 bits per heavy atom. The van der Waals surface area contributed by atoms with Gasteiger partial charge in [0.2, 0.25) is 0 Å². The van der Waals surface area contributed by atoms with Gasteiger partial charge in [-0.25, -0.2) is 14.6 Å². The van der Waals surface area contributed by atoms with Crippen molar-refractivity contribution in [1.82, 2.24) is 29.5 Å². The van der Waals surface area contributed by atoms with Crippen LogP contribution in [0.5, 0.6) is 0 Å². The molecule has 0 atom stereocenters. The number of aryl methyl sites for hydroxylation is 2. The Labute approximate surface area is 198 Å². The second-order valence-corrected chi connectivity index (χ2v) is 8.78. The standard InChI is InChI=1S/C27H25N7/c1-17(2)22-7-5-6-8-23(22)27-29-16-25-26(30-27)24(32-33(25)4)14-19-9-11-21(12-10-19)34-18(3)13-20(15-28)31-34/h5-13,16-17H,14H2,1-4H3. The zero-order valence-corrected chi connectivity index (χ0v) is 19.7. The largest absolute Gasteiger partial charge is 0.264 e. The monoisotopic (exact) mass is 447 g/mol. The highest BCUT2D eigenvalue weighted by Crippen LogP contribution is 2.28. The van der Waals surface area contributed by atoms with Crippen LogP contribution in [0.2, 0.25) is 0 Å². The van der Waals surface area contributed by atoms with Crippen molar-refractivity contribution in [3.8, 4) is 23.1 Å². The van der Waals surface area contributed by atoms with Gasteiger partial charge in [-0.2, -0.15) is 15.5 Å². The Bertz CT molecular complexity index is 1530. The number of nitrogens with zero attached hydrogens (tertiary/aromatic N) is 7. The summed E-state index contributed by atoms with van der Waals surface area (Å²) in [4.78, 5) is 9.61. The Morgan fingerprint density at radius 3 is 2.50 bits per heavy atom. The summed E-state index contributed by atoms with van der Waals surface area (Å²) in [5.74, 6) is 1.11. The maximum Gasteiger partial charge on any atom is 0.163 e. The van der Waals surface area contributed by atoms with E-state index in [2.05, 4.69) is 60.3 Å². The summed E-state index contributed by atoms with van der Waals surface area (Å²) in [6, 6.07) is 20.3. The average Bonchev–Trinajstić information content (AvgIpc) is 3.38. The molecule has 0 aliphatic heterocycles. The molecule has 3 aromatic heterocycles. The summed E-state index contributed by atoms with van der Waals surface area (Å²) in [5, 5.41) is 18.2. The van der Waals surface area contributed by atoms with Crippen LogP contribution in [0.1, 0.15) is 48.0 Å². The maximum absolute atomic E-state index is 9.11. The Hall–Kier alpha value is -4.31.